The Morgan fingerprint density at radius 3 is 1.62 bits per heavy atom. The Morgan fingerprint density at radius 2 is 1.29 bits per heavy atom. The minimum absolute atomic E-state index is 0.106. The van der Waals surface area contributed by atoms with Gasteiger partial charge in [0.2, 0.25) is 0 Å². The Labute approximate surface area is 148 Å². The van der Waals surface area contributed by atoms with Crippen LogP contribution in [0.1, 0.15) is 41.5 Å². The van der Waals surface area contributed by atoms with Gasteiger partial charge in [-0.05, 0) is 16.4 Å². The van der Waals surface area contributed by atoms with Gasteiger partial charge >= 0.3 is 35.0 Å². The summed E-state index contributed by atoms with van der Waals surface area (Å²) < 4.78 is 0. The Hall–Kier alpha value is 0.692. The van der Waals surface area contributed by atoms with Crippen molar-refractivity contribution in [2.24, 2.45) is 0 Å². The molecule has 5 heteroatoms. The van der Waals surface area contributed by atoms with E-state index in [-0.39, 0.29) is 23.9 Å². The third-order valence-electron chi connectivity index (χ3n) is 2.95. The van der Waals surface area contributed by atoms with Crippen molar-refractivity contribution in [3.63, 3.8) is 0 Å². The van der Waals surface area contributed by atoms with Crippen LogP contribution in [0.3, 0.4) is 0 Å². The molecule has 0 atom stereocenters. The van der Waals surface area contributed by atoms with Gasteiger partial charge in [-0.1, -0.05) is 67.7 Å². The normalized spacial score (nSPS) is 12.1. The van der Waals surface area contributed by atoms with Crippen LogP contribution in [0.15, 0.2) is 24.3 Å². The summed E-state index contributed by atoms with van der Waals surface area (Å²) in [6.07, 6.45) is 0. The predicted octanol–water partition coefficient (Wildman–Crippen LogP) is 5.83. The van der Waals surface area contributed by atoms with Crippen LogP contribution in [0.25, 0.3) is 0 Å². The molecule has 126 valence electrons. The summed E-state index contributed by atoms with van der Waals surface area (Å²) in [4.78, 5) is 2.24. The maximum atomic E-state index is 4.81. The van der Waals surface area contributed by atoms with Crippen molar-refractivity contribution in [3.8, 4) is 0 Å². The standard InChI is InChI=1S/C16H28NP.2ClH.Pd/c1-15(2,3)18(16(4,5)6)14-12-10-9-11-13(14)17(7)8;;;/h9-12H,1-8H3;2*1H;/q;;;+2/p-2. The van der Waals surface area contributed by atoms with E-state index in [0.717, 1.165) is 0 Å². The van der Waals surface area contributed by atoms with Gasteiger partial charge < -0.3 is 4.90 Å². The summed E-state index contributed by atoms with van der Waals surface area (Å²) in [5.41, 5.74) is 1.37. The molecule has 0 radical (unpaired) electrons. The van der Waals surface area contributed by atoms with Crippen molar-refractivity contribution in [2.45, 2.75) is 51.9 Å². The summed E-state index contributed by atoms with van der Waals surface area (Å²) >= 11 is -0.106. The van der Waals surface area contributed by atoms with E-state index in [0.29, 0.717) is 10.3 Å². The van der Waals surface area contributed by atoms with Gasteiger partial charge in [0, 0.05) is 25.1 Å². The molecule has 0 amide bonds. The predicted molar refractivity (Wildman–Crippen MR) is 98.5 cm³/mol. The first kappa shape index (κ1) is 21.7. The van der Waals surface area contributed by atoms with Crippen LogP contribution in [0, 0.1) is 0 Å². The zero-order valence-electron chi connectivity index (χ0n) is 14.3. The van der Waals surface area contributed by atoms with E-state index in [1.807, 2.05) is 0 Å². The van der Waals surface area contributed by atoms with Gasteiger partial charge in [0.15, 0.2) is 0 Å². The quantitative estimate of drug-likeness (QED) is 0.411. The zero-order chi connectivity index (χ0) is 16.8. The number of nitrogens with zero attached hydrogens (tertiary/aromatic N) is 1. The monoisotopic (exact) mass is 441 g/mol. The molecule has 0 aliphatic heterocycles. The van der Waals surface area contributed by atoms with Gasteiger partial charge in [0.05, 0.1) is 0 Å². The van der Waals surface area contributed by atoms with Crippen LogP contribution in [-0.4, -0.2) is 24.4 Å². The molecule has 0 unspecified atom stereocenters. The average molecular weight is 443 g/mol. The molecule has 0 aromatic heterocycles. The number of benzene rings is 1. The van der Waals surface area contributed by atoms with Crippen LogP contribution in [0.4, 0.5) is 5.69 Å². The van der Waals surface area contributed by atoms with Crippen molar-refractivity contribution in [3.05, 3.63) is 24.3 Å². The van der Waals surface area contributed by atoms with Crippen LogP contribution >= 0.6 is 27.0 Å². The molecule has 0 spiro atoms. The maximum absolute atomic E-state index is 4.81. The fraction of sp³-hybridized carbons (Fsp3) is 0.625. The fourth-order valence-electron chi connectivity index (χ4n) is 2.76. The Balaban J connectivity index is 0.00000122. The summed E-state index contributed by atoms with van der Waals surface area (Å²) in [5.74, 6) is 0. The van der Waals surface area contributed by atoms with Gasteiger partial charge in [0.1, 0.15) is 0 Å². The summed E-state index contributed by atoms with van der Waals surface area (Å²) in [5, 5.41) is 2.16. The average Bonchev–Trinajstić information content (AvgIpc) is 2.26. The third kappa shape index (κ3) is 7.20. The SMILES string of the molecule is CN(C)c1ccccc1P(C(C)(C)C)C(C)(C)C.[Cl][Pd][Cl]. The fourth-order valence-corrected chi connectivity index (χ4v) is 6.96. The second kappa shape index (κ2) is 9.10. The second-order valence-electron chi connectivity index (χ2n) is 7.11. The van der Waals surface area contributed by atoms with Crippen LogP contribution in [-0.2, 0) is 15.9 Å². The molecular formula is C16H28Cl2NPPd. The van der Waals surface area contributed by atoms with Crippen LogP contribution in [0.2, 0.25) is 0 Å². The number of anilines is 1. The zero-order valence-corrected chi connectivity index (χ0v) is 18.2. The van der Waals surface area contributed by atoms with Gasteiger partial charge in [-0.25, -0.2) is 0 Å². The van der Waals surface area contributed by atoms with Crippen LogP contribution < -0.4 is 10.2 Å². The van der Waals surface area contributed by atoms with Gasteiger partial charge in [-0.2, -0.15) is 0 Å². The first-order valence-electron chi connectivity index (χ1n) is 6.86. The second-order valence-corrected chi connectivity index (χ2v) is 13.3. The van der Waals surface area contributed by atoms with Gasteiger partial charge in [-0.3, -0.25) is 0 Å². The topological polar surface area (TPSA) is 3.24 Å². The Morgan fingerprint density at radius 1 is 0.905 bits per heavy atom. The minimum atomic E-state index is -0.233. The van der Waals surface area contributed by atoms with E-state index in [4.69, 9.17) is 19.1 Å². The van der Waals surface area contributed by atoms with E-state index in [9.17, 15) is 0 Å². The van der Waals surface area contributed by atoms with Crippen molar-refractivity contribution >= 4 is 38.0 Å². The summed E-state index contributed by atoms with van der Waals surface area (Å²) in [6, 6.07) is 8.87. The van der Waals surface area contributed by atoms with Crippen LogP contribution in [0.5, 0.6) is 0 Å². The molecule has 0 saturated carbocycles. The molecular weight excluding hydrogens is 414 g/mol. The van der Waals surface area contributed by atoms with Crippen molar-refractivity contribution in [1.29, 1.82) is 0 Å². The van der Waals surface area contributed by atoms with E-state index < -0.39 is 0 Å². The molecule has 1 aromatic carbocycles. The molecule has 0 aliphatic carbocycles. The number of para-hydroxylation sites is 1. The molecule has 0 bridgehead atoms. The molecule has 0 fully saturated rings. The molecule has 1 aromatic rings. The molecule has 0 heterocycles. The van der Waals surface area contributed by atoms with Crippen molar-refractivity contribution < 1.29 is 15.9 Å². The number of halogens is 2. The molecule has 1 nitrogen and oxygen atoms in total. The van der Waals surface area contributed by atoms with Crippen molar-refractivity contribution in [2.75, 3.05) is 19.0 Å². The summed E-state index contributed by atoms with van der Waals surface area (Å²) in [7, 11) is 13.7. The molecule has 0 saturated heterocycles. The number of rotatable bonds is 2. The molecule has 0 N–H and O–H groups in total. The Bertz CT molecular complexity index is 411. The number of hydrogen-bond acceptors (Lipinski definition) is 1. The number of hydrogen-bond donors (Lipinski definition) is 0. The summed E-state index contributed by atoms with van der Waals surface area (Å²) in [6.45, 7) is 14.2. The Kier molecular flexibility index (Phi) is 9.40. The van der Waals surface area contributed by atoms with E-state index in [1.54, 1.807) is 0 Å². The van der Waals surface area contributed by atoms with E-state index in [1.165, 1.54) is 11.0 Å². The van der Waals surface area contributed by atoms with E-state index in [2.05, 4.69) is 84.8 Å². The van der Waals surface area contributed by atoms with Crippen molar-refractivity contribution in [1.82, 2.24) is 0 Å². The first-order valence-corrected chi connectivity index (χ1v) is 12.2. The molecule has 0 aliphatic rings. The molecule has 21 heavy (non-hydrogen) atoms. The third-order valence-corrected chi connectivity index (χ3v) is 6.49. The van der Waals surface area contributed by atoms with Gasteiger partial charge in [0.25, 0.3) is 0 Å². The van der Waals surface area contributed by atoms with Gasteiger partial charge in [-0.15, -0.1) is 0 Å². The first-order chi connectivity index (χ1) is 9.46. The van der Waals surface area contributed by atoms with E-state index >= 15 is 0 Å². The molecule has 1 rings (SSSR count).